The smallest absolute Gasteiger partial charge is 0.252 e. The maximum absolute atomic E-state index is 12.0. The molecule has 0 radical (unpaired) electrons. The van der Waals surface area contributed by atoms with Gasteiger partial charge in [0, 0.05) is 37.1 Å². The minimum Gasteiger partial charge on any atom is -0.506 e. The number of aromatic hydroxyl groups is 1. The molecule has 3 aromatic rings. The van der Waals surface area contributed by atoms with E-state index in [1.807, 2.05) is 13.0 Å². The zero-order chi connectivity index (χ0) is 21.7. The Hall–Kier alpha value is -4.07. The van der Waals surface area contributed by atoms with Crippen molar-refractivity contribution < 1.29 is 14.7 Å². The van der Waals surface area contributed by atoms with Gasteiger partial charge in [0.1, 0.15) is 11.6 Å². The van der Waals surface area contributed by atoms with Gasteiger partial charge in [-0.15, -0.1) is 0 Å². The molecule has 0 saturated heterocycles. The summed E-state index contributed by atoms with van der Waals surface area (Å²) in [6.45, 7) is 3.83. The predicted molar refractivity (Wildman–Crippen MR) is 118 cm³/mol. The van der Waals surface area contributed by atoms with Gasteiger partial charge in [0.25, 0.3) is 5.91 Å². The number of nitrogens with two attached hydrogens (primary N) is 1. The molecule has 0 fully saturated rings. The number of carbonyl (C=O) groups is 2. The lowest BCUT2D eigenvalue weighted by molar-refractivity contribution is -0.114. The van der Waals surface area contributed by atoms with Crippen LogP contribution in [-0.4, -0.2) is 28.4 Å². The van der Waals surface area contributed by atoms with Crippen molar-refractivity contribution in [3.63, 3.8) is 0 Å². The number of rotatable bonds is 7. The molecule has 1 heterocycles. The molecule has 154 valence electrons. The average Bonchev–Trinajstić information content (AvgIpc) is 2.70. The molecule has 0 spiro atoms. The molecule has 0 saturated carbocycles. The van der Waals surface area contributed by atoms with Crippen molar-refractivity contribution in [3.05, 3.63) is 66.4 Å². The number of primary amides is 1. The Morgan fingerprint density at radius 2 is 1.80 bits per heavy atom. The van der Waals surface area contributed by atoms with Gasteiger partial charge in [0.05, 0.1) is 16.9 Å². The molecule has 0 atom stereocenters. The van der Waals surface area contributed by atoms with Crippen molar-refractivity contribution in [3.8, 4) is 5.75 Å². The van der Waals surface area contributed by atoms with E-state index in [9.17, 15) is 14.7 Å². The van der Waals surface area contributed by atoms with E-state index in [4.69, 9.17) is 5.73 Å². The van der Waals surface area contributed by atoms with Crippen molar-refractivity contribution in [2.75, 3.05) is 22.1 Å². The molecule has 3 rings (SSSR count). The first-order valence-electron chi connectivity index (χ1n) is 9.39. The van der Waals surface area contributed by atoms with Crippen LogP contribution in [0.25, 0.3) is 0 Å². The summed E-state index contributed by atoms with van der Waals surface area (Å²) in [6, 6.07) is 15.7. The number of carbonyl (C=O) groups excluding carboxylic acids is 2. The third-order valence-corrected chi connectivity index (χ3v) is 4.38. The number of para-hydroxylation sites is 2. The summed E-state index contributed by atoms with van der Waals surface area (Å²) in [7, 11) is 0. The van der Waals surface area contributed by atoms with Gasteiger partial charge in [-0.1, -0.05) is 18.2 Å². The first-order valence-corrected chi connectivity index (χ1v) is 9.39. The number of nitrogens with zero attached hydrogens (tertiary/aromatic N) is 2. The average molecular weight is 405 g/mol. The highest BCUT2D eigenvalue weighted by molar-refractivity contribution is 6.00. The Labute approximate surface area is 174 Å². The monoisotopic (exact) mass is 405 g/mol. The Kier molecular flexibility index (Phi) is 6.17. The minimum atomic E-state index is -0.620. The van der Waals surface area contributed by atoms with E-state index in [1.54, 1.807) is 53.4 Å². The number of pyridine rings is 1. The summed E-state index contributed by atoms with van der Waals surface area (Å²) in [4.78, 5) is 29.4. The first kappa shape index (κ1) is 20.7. The van der Waals surface area contributed by atoms with Crippen LogP contribution >= 0.6 is 0 Å². The zero-order valence-electron chi connectivity index (χ0n) is 16.7. The van der Waals surface area contributed by atoms with Crippen LogP contribution in [0.4, 0.5) is 28.6 Å². The van der Waals surface area contributed by atoms with Crippen LogP contribution in [0.2, 0.25) is 0 Å². The number of phenols is 1. The van der Waals surface area contributed by atoms with E-state index in [0.29, 0.717) is 35.1 Å². The van der Waals surface area contributed by atoms with Crippen molar-refractivity contribution in [2.24, 2.45) is 5.73 Å². The molecule has 1 aromatic heterocycles. The minimum absolute atomic E-state index is 0.0871. The Bertz CT molecular complexity index is 1080. The molecule has 30 heavy (non-hydrogen) atoms. The Morgan fingerprint density at radius 1 is 1.07 bits per heavy atom. The van der Waals surface area contributed by atoms with Crippen LogP contribution in [0.3, 0.4) is 0 Å². The van der Waals surface area contributed by atoms with Gasteiger partial charge in [-0.3, -0.25) is 9.59 Å². The fourth-order valence-electron chi connectivity index (χ4n) is 3.11. The number of hydrogen-bond acceptors (Lipinski definition) is 6. The van der Waals surface area contributed by atoms with Gasteiger partial charge in [-0.05, 0) is 37.3 Å². The van der Waals surface area contributed by atoms with Gasteiger partial charge >= 0.3 is 0 Å². The molecule has 8 nitrogen and oxygen atoms in total. The third kappa shape index (κ3) is 4.67. The number of hydrogen-bond donors (Lipinski definition) is 4. The summed E-state index contributed by atoms with van der Waals surface area (Å²) in [6.07, 6.45) is 1.40. The van der Waals surface area contributed by atoms with Crippen molar-refractivity contribution in [2.45, 2.75) is 13.8 Å². The Morgan fingerprint density at radius 3 is 2.47 bits per heavy atom. The van der Waals surface area contributed by atoms with Gasteiger partial charge in [0.2, 0.25) is 5.91 Å². The van der Waals surface area contributed by atoms with Crippen LogP contribution in [0.1, 0.15) is 24.2 Å². The van der Waals surface area contributed by atoms with Crippen molar-refractivity contribution in [1.82, 2.24) is 4.98 Å². The fourth-order valence-corrected chi connectivity index (χ4v) is 3.11. The number of aromatic nitrogens is 1. The highest BCUT2D eigenvalue weighted by Crippen LogP contribution is 2.35. The molecule has 8 heteroatoms. The van der Waals surface area contributed by atoms with Crippen molar-refractivity contribution in [1.29, 1.82) is 0 Å². The quantitative estimate of drug-likeness (QED) is 0.475. The second kappa shape index (κ2) is 8.95. The lowest BCUT2D eigenvalue weighted by Gasteiger charge is -2.26. The van der Waals surface area contributed by atoms with Crippen LogP contribution in [0.5, 0.6) is 5.75 Å². The zero-order valence-corrected chi connectivity index (χ0v) is 16.7. The SMILES string of the molecule is CCN(c1ccccc1O)c1cc(Nc2cccc(NC(C)=O)c2)ncc1C(N)=O. The summed E-state index contributed by atoms with van der Waals surface area (Å²) in [5.41, 5.74) is 8.21. The van der Waals surface area contributed by atoms with Crippen LogP contribution < -0.4 is 21.3 Å². The van der Waals surface area contributed by atoms with E-state index >= 15 is 0 Å². The molecular formula is C22H23N5O3. The summed E-state index contributed by atoms with van der Waals surface area (Å²) in [5, 5.41) is 16.2. The molecule has 0 unspecified atom stereocenters. The Balaban J connectivity index is 2.00. The van der Waals surface area contributed by atoms with E-state index in [2.05, 4.69) is 15.6 Å². The molecule has 0 aliphatic heterocycles. The highest BCUT2D eigenvalue weighted by atomic mass is 16.3. The molecule has 2 amide bonds. The largest absolute Gasteiger partial charge is 0.506 e. The van der Waals surface area contributed by atoms with Crippen molar-refractivity contribution >= 4 is 40.4 Å². The standard InChI is InChI=1S/C22H23N5O3/c1-3-27(18-9-4-5-10-20(18)29)19-12-21(24-13-17(19)22(23)30)26-16-8-6-7-15(11-16)25-14(2)28/h4-13,29H,3H2,1-2H3,(H2,23,30)(H,24,26)(H,25,28). The van der Waals surface area contributed by atoms with Crippen LogP contribution in [0, 0.1) is 0 Å². The van der Waals surface area contributed by atoms with Gasteiger partial charge in [-0.25, -0.2) is 4.98 Å². The van der Waals surface area contributed by atoms with E-state index < -0.39 is 5.91 Å². The summed E-state index contributed by atoms with van der Waals surface area (Å²) < 4.78 is 0. The normalized spacial score (nSPS) is 10.3. The van der Waals surface area contributed by atoms with Crippen LogP contribution in [-0.2, 0) is 4.79 Å². The van der Waals surface area contributed by atoms with E-state index in [0.717, 1.165) is 0 Å². The molecule has 0 bridgehead atoms. The first-order chi connectivity index (χ1) is 14.4. The number of phenolic OH excluding ortho intramolecular Hbond substituents is 1. The van der Waals surface area contributed by atoms with Gasteiger partial charge < -0.3 is 26.4 Å². The number of nitrogens with one attached hydrogen (secondary N) is 2. The topological polar surface area (TPSA) is 121 Å². The summed E-state index contributed by atoms with van der Waals surface area (Å²) >= 11 is 0. The van der Waals surface area contributed by atoms with Gasteiger partial charge in [0.15, 0.2) is 0 Å². The van der Waals surface area contributed by atoms with E-state index in [-0.39, 0.29) is 17.2 Å². The third-order valence-electron chi connectivity index (χ3n) is 4.38. The fraction of sp³-hybridized carbons (Fsp3) is 0.136. The maximum atomic E-state index is 12.0. The molecular weight excluding hydrogens is 382 g/mol. The number of amides is 2. The predicted octanol–water partition coefficient (Wildman–Crippen LogP) is 3.75. The summed E-state index contributed by atoms with van der Waals surface area (Å²) in [5.74, 6) is -0.224. The highest BCUT2D eigenvalue weighted by Gasteiger charge is 2.19. The number of anilines is 5. The lowest BCUT2D eigenvalue weighted by Crippen LogP contribution is -2.22. The second-order valence-corrected chi connectivity index (χ2v) is 6.57. The lowest BCUT2D eigenvalue weighted by atomic mass is 10.1. The van der Waals surface area contributed by atoms with Gasteiger partial charge in [-0.2, -0.15) is 0 Å². The van der Waals surface area contributed by atoms with Crippen LogP contribution in [0.15, 0.2) is 60.8 Å². The molecule has 0 aliphatic rings. The molecule has 2 aromatic carbocycles. The maximum Gasteiger partial charge on any atom is 0.252 e. The molecule has 5 N–H and O–H groups in total. The molecule has 0 aliphatic carbocycles. The number of benzene rings is 2. The second-order valence-electron chi connectivity index (χ2n) is 6.57. The van der Waals surface area contributed by atoms with E-state index in [1.165, 1.54) is 13.1 Å².